The molecule has 1 unspecified atom stereocenters. The molecule has 2 aliphatic rings. The van der Waals surface area contributed by atoms with Gasteiger partial charge in [0, 0.05) is 39.3 Å². The van der Waals surface area contributed by atoms with Gasteiger partial charge in [-0.3, -0.25) is 9.69 Å². The van der Waals surface area contributed by atoms with Crippen LogP contribution in [0.3, 0.4) is 0 Å². The largest absolute Gasteiger partial charge is 0.354 e. The van der Waals surface area contributed by atoms with Crippen molar-refractivity contribution in [1.82, 2.24) is 20.0 Å². The maximum Gasteiger partial charge on any atom is 0.243 e. The first-order valence-corrected chi connectivity index (χ1v) is 8.97. The van der Waals surface area contributed by atoms with Crippen molar-refractivity contribution in [2.75, 3.05) is 46.8 Å². The van der Waals surface area contributed by atoms with Gasteiger partial charge < -0.3 is 15.1 Å². The van der Waals surface area contributed by atoms with Crippen LogP contribution in [0.4, 0.5) is 0 Å². The minimum Gasteiger partial charge on any atom is -0.354 e. The normalized spacial score (nSPS) is 23.4. The molecule has 2 saturated heterocycles. The summed E-state index contributed by atoms with van der Waals surface area (Å²) in [5.74, 6) is 0.926. The standard InChI is InChI=1S/C17H33N5O/c1-14(2)19-17(18-12-16(23)20(3)4)22-11-8-15(13-22)21-9-6-5-7-10-21/h14-15H,5-13H2,1-4H3,(H,18,19). The maximum atomic E-state index is 11.8. The van der Waals surface area contributed by atoms with Gasteiger partial charge in [0.15, 0.2) is 5.96 Å². The lowest BCUT2D eigenvalue weighted by molar-refractivity contribution is -0.127. The smallest absolute Gasteiger partial charge is 0.243 e. The zero-order chi connectivity index (χ0) is 16.8. The van der Waals surface area contributed by atoms with Crippen LogP contribution in [-0.4, -0.2) is 85.5 Å². The van der Waals surface area contributed by atoms with Crippen molar-refractivity contribution in [2.24, 2.45) is 4.99 Å². The molecule has 1 atom stereocenters. The van der Waals surface area contributed by atoms with E-state index in [1.807, 2.05) is 0 Å². The highest BCUT2D eigenvalue weighted by atomic mass is 16.2. The molecule has 2 rings (SSSR count). The molecule has 2 aliphatic heterocycles. The number of hydrogen-bond donors (Lipinski definition) is 1. The van der Waals surface area contributed by atoms with E-state index in [-0.39, 0.29) is 12.5 Å². The van der Waals surface area contributed by atoms with E-state index >= 15 is 0 Å². The molecule has 0 saturated carbocycles. The molecule has 0 aromatic rings. The van der Waals surface area contributed by atoms with Crippen molar-refractivity contribution < 1.29 is 4.79 Å². The van der Waals surface area contributed by atoms with Crippen molar-refractivity contribution >= 4 is 11.9 Å². The zero-order valence-corrected chi connectivity index (χ0v) is 15.2. The molecule has 0 aromatic heterocycles. The molecule has 23 heavy (non-hydrogen) atoms. The number of piperidine rings is 1. The Labute approximate surface area is 140 Å². The molecule has 2 fully saturated rings. The number of rotatable bonds is 4. The van der Waals surface area contributed by atoms with E-state index < -0.39 is 0 Å². The van der Waals surface area contributed by atoms with Gasteiger partial charge in [-0.05, 0) is 46.2 Å². The highest BCUT2D eigenvalue weighted by molar-refractivity contribution is 5.85. The number of carbonyl (C=O) groups excluding carboxylic acids is 1. The molecule has 2 heterocycles. The third kappa shape index (κ3) is 5.37. The van der Waals surface area contributed by atoms with Crippen LogP contribution >= 0.6 is 0 Å². The Bertz CT molecular complexity index is 415. The molecule has 0 aliphatic carbocycles. The summed E-state index contributed by atoms with van der Waals surface area (Å²) in [4.78, 5) is 22.9. The monoisotopic (exact) mass is 323 g/mol. The number of likely N-dealkylation sites (N-methyl/N-ethyl adjacent to an activating group) is 1. The van der Waals surface area contributed by atoms with E-state index in [0.29, 0.717) is 12.1 Å². The second-order valence-electron chi connectivity index (χ2n) is 7.21. The van der Waals surface area contributed by atoms with Crippen molar-refractivity contribution in [1.29, 1.82) is 0 Å². The summed E-state index contributed by atoms with van der Waals surface area (Å²) in [5, 5.41) is 3.43. The molecular formula is C17H33N5O. The fourth-order valence-electron chi connectivity index (χ4n) is 3.29. The number of nitrogens with zero attached hydrogens (tertiary/aromatic N) is 4. The topological polar surface area (TPSA) is 51.2 Å². The molecule has 6 heteroatoms. The third-order valence-electron chi connectivity index (χ3n) is 4.65. The van der Waals surface area contributed by atoms with Gasteiger partial charge in [-0.25, -0.2) is 4.99 Å². The van der Waals surface area contributed by atoms with Crippen LogP contribution in [-0.2, 0) is 4.79 Å². The molecule has 132 valence electrons. The van der Waals surface area contributed by atoms with Gasteiger partial charge in [0.2, 0.25) is 5.91 Å². The fourth-order valence-corrected chi connectivity index (χ4v) is 3.29. The Kier molecular flexibility index (Phi) is 6.69. The highest BCUT2D eigenvalue weighted by Crippen LogP contribution is 2.20. The second-order valence-corrected chi connectivity index (χ2v) is 7.21. The highest BCUT2D eigenvalue weighted by Gasteiger charge is 2.30. The number of carbonyl (C=O) groups is 1. The van der Waals surface area contributed by atoms with Crippen LogP contribution in [0.2, 0.25) is 0 Å². The SMILES string of the molecule is CC(C)NC(=NCC(=O)N(C)C)N1CCC(N2CCCCC2)C1. The van der Waals surface area contributed by atoms with Gasteiger partial charge in [-0.2, -0.15) is 0 Å². The minimum atomic E-state index is 0.0415. The summed E-state index contributed by atoms with van der Waals surface area (Å²) in [7, 11) is 3.55. The van der Waals surface area contributed by atoms with Gasteiger partial charge in [0.1, 0.15) is 6.54 Å². The molecular weight excluding hydrogens is 290 g/mol. The van der Waals surface area contributed by atoms with Gasteiger partial charge in [-0.15, -0.1) is 0 Å². The molecule has 1 amide bonds. The molecule has 6 nitrogen and oxygen atoms in total. The van der Waals surface area contributed by atoms with Gasteiger partial charge in [0.25, 0.3) is 0 Å². The summed E-state index contributed by atoms with van der Waals surface area (Å²) in [6.45, 7) is 8.96. The molecule has 0 aromatic carbocycles. The molecule has 0 bridgehead atoms. The summed E-state index contributed by atoms with van der Waals surface area (Å²) in [6, 6.07) is 0.955. The van der Waals surface area contributed by atoms with E-state index in [0.717, 1.165) is 19.0 Å². The van der Waals surface area contributed by atoms with Gasteiger partial charge in [-0.1, -0.05) is 6.42 Å². The number of guanidine groups is 1. The van der Waals surface area contributed by atoms with E-state index in [2.05, 4.69) is 34.0 Å². The fraction of sp³-hybridized carbons (Fsp3) is 0.882. The number of amides is 1. The van der Waals surface area contributed by atoms with E-state index in [1.165, 1.54) is 38.8 Å². The van der Waals surface area contributed by atoms with Crippen LogP contribution < -0.4 is 5.32 Å². The van der Waals surface area contributed by atoms with E-state index in [4.69, 9.17) is 0 Å². The Hall–Kier alpha value is -1.30. The summed E-state index contributed by atoms with van der Waals surface area (Å²) >= 11 is 0. The maximum absolute atomic E-state index is 11.8. The van der Waals surface area contributed by atoms with Crippen LogP contribution in [0.5, 0.6) is 0 Å². The van der Waals surface area contributed by atoms with Crippen LogP contribution in [0.25, 0.3) is 0 Å². The Morgan fingerprint density at radius 3 is 2.52 bits per heavy atom. The Morgan fingerprint density at radius 1 is 1.22 bits per heavy atom. The van der Waals surface area contributed by atoms with Crippen LogP contribution in [0.1, 0.15) is 39.5 Å². The summed E-state index contributed by atoms with van der Waals surface area (Å²) in [5.41, 5.74) is 0. The predicted octanol–water partition coefficient (Wildman–Crippen LogP) is 0.989. The van der Waals surface area contributed by atoms with Crippen LogP contribution in [0.15, 0.2) is 4.99 Å². The average Bonchev–Trinajstić information content (AvgIpc) is 3.01. The lowest BCUT2D eigenvalue weighted by Gasteiger charge is -2.32. The van der Waals surface area contributed by atoms with E-state index in [1.54, 1.807) is 19.0 Å². The lowest BCUT2D eigenvalue weighted by atomic mass is 10.1. The quantitative estimate of drug-likeness (QED) is 0.619. The van der Waals surface area contributed by atoms with Gasteiger partial charge in [0.05, 0.1) is 0 Å². The third-order valence-corrected chi connectivity index (χ3v) is 4.65. The first-order valence-electron chi connectivity index (χ1n) is 8.97. The average molecular weight is 323 g/mol. The van der Waals surface area contributed by atoms with E-state index in [9.17, 15) is 4.79 Å². The Morgan fingerprint density at radius 2 is 1.91 bits per heavy atom. The first kappa shape index (κ1) is 18.0. The number of nitrogens with one attached hydrogen (secondary N) is 1. The van der Waals surface area contributed by atoms with Crippen molar-refractivity contribution in [3.63, 3.8) is 0 Å². The molecule has 0 radical (unpaired) electrons. The van der Waals surface area contributed by atoms with Crippen molar-refractivity contribution in [3.05, 3.63) is 0 Å². The first-order chi connectivity index (χ1) is 11.0. The summed E-state index contributed by atoms with van der Waals surface area (Å²) < 4.78 is 0. The minimum absolute atomic E-state index is 0.0415. The van der Waals surface area contributed by atoms with Gasteiger partial charge >= 0.3 is 0 Å². The molecule has 1 N–H and O–H groups in total. The predicted molar refractivity (Wildman–Crippen MR) is 94.7 cm³/mol. The van der Waals surface area contributed by atoms with Crippen molar-refractivity contribution in [3.8, 4) is 0 Å². The lowest BCUT2D eigenvalue weighted by Crippen LogP contribution is -2.46. The number of hydrogen-bond acceptors (Lipinski definition) is 3. The van der Waals surface area contributed by atoms with Crippen LogP contribution in [0, 0.1) is 0 Å². The molecule has 0 spiro atoms. The zero-order valence-electron chi connectivity index (χ0n) is 15.2. The second kappa shape index (κ2) is 8.52. The Balaban J connectivity index is 1.96. The number of aliphatic imine (C=N–C) groups is 1. The van der Waals surface area contributed by atoms with Crippen molar-refractivity contribution in [2.45, 2.75) is 51.6 Å². The number of likely N-dealkylation sites (tertiary alicyclic amines) is 2. The summed E-state index contributed by atoms with van der Waals surface area (Å²) in [6.07, 6.45) is 5.24.